The molecule has 1 aliphatic carbocycles. The van der Waals surface area contributed by atoms with Gasteiger partial charge in [-0.2, -0.15) is 0 Å². The Morgan fingerprint density at radius 3 is 2.06 bits per heavy atom. The van der Waals surface area contributed by atoms with Crippen LogP contribution in [0.2, 0.25) is 0 Å². The van der Waals surface area contributed by atoms with Gasteiger partial charge in [0.2, 0.25) is 0 Å². The van der Waals surface area contributed by atoms with Crippen LogP contribution in [0.25, 0.3) is 0 Å². The fourth-order valence-electron chi connectivity index (χ4n) is 2.76. The third-order valence-electron chi connectivity index (χ3n) is 3.85. The smallest absolute Gasteiger partial charge is 0.0247 e. The van der Waals surface area contributed by atoms with E-state index in [0.29, 0.717) is 12.1 Å². The van der Waals surface area contributed by atoms with E-state index in [1.807, 2.05) is 0 Å². The summed E-state index contributed by atoms with van der Waals surface area (Å²) in [5, 5.41) is 0. The lowest BCUT2D eigenvalue weighted by Crippen LogP contribution is -2.50. The molecule has 0 aromatic rings. The molecule has 2 heteroatoms. The van der Waals surface area contributed by atoms with Gasteiger partial charge in [0.25, 0.3) is 0 Å². The zero-order chi connectivity index (χ0) is 11.8. The predicted octanol–water partition coefficient (Wildman–Crippen LogP) is 3.16. The van der Waals surface area contributed by atoms with Crippen molar-refractivity contribution in [1.29, 1.82) is 0 Å². The van der Waals surface area contributed by atoms with Gasteiger partial charge in [0, 0.05) is 12.1 Å². The third kappa shape index (κ3) is 4.42. The second-order valence-electron chi connectivity index (χ2n) is 5.26. The van der Waals surface area contributed by atoms with Gasteiger partial charge in [-0.25, -0.2) is 0 Å². The summed E-state index contributed by atoms with van der Waals surface area (Å²) in [6.07, 6.45) is 10.5. The minimum atomic E-state index is 0.433. The molecule has 1 fully saturated rings. The molecule has 0 unspecified atom stereocenters. The van der Waals surface area contributed by atoms with Gasteiger partial charge in [0.05, 0.1) is 0 Å². The average molecular weight is 226 g/mol. The molecule has 0 bridgehead atoms. The molecule has 2 nitrogen and oxygen atoms in total. The summed E-state index contributed by atoms with van der Waals surface area (Å²) >= 11 is 0. The van der Waals surface area contributed by atoms with E-state index in [4.69, 9.17) is 5.73 Å². The topological polar surface area (TPSA) is 29.3 Å². The molecule has 0 amide bonds. The molecule has 1 aliphatic rings. The third-order valence-corrected chi connectivity index (χ3v) is 3.85. The van der Waals surface area contributed by atoms with Crippen molar-refractivity contribution >= 4 is 0 Å². The van der Waals surface area contributed by atoms with Gasteiger partial charge in [-0.3, -0.25) is 4.90 Å². The van der Waals surface area contributed by atoms with E-state index >= 15 is 0 Å². The molecule has 0 saturated heterocycles. The Balaban J connectivity index is 2.44. The fraction of sp³-hybridized carbons (Fsp3) is 1.00. The van der Waals surface area contributed by atoms with E-state index in [1.54, 1.807) is 0 Å². The Labute approximate surface area is 102 Å². The molecular weight excluding hydrogens is 196 g/mol. The van der Waals surface area contributed by atoms with Crippen LogP contribution in [0.15, 0.2) is 0 Å². The largest absolute Gasteiger partial charge is 0.326 e. The van der Waals surface area contributed by atoms with Crippen molar-refractivity contribution in [2.45, 2.75) is 77.3 Å². The minimum Gasteiger partial charge on any atom is -0.326 e. The number of unbranched alkanes of at least 4 members (excludes halogenated alkanes) is 2. The normalized spacial score (nSPS) is 26.2. The molecule has 1 rings (SSSR count). The SMILES string of the molecule is CCCCN(CCCC)[C@@H]1CCCC[C@H]1N. The van der Waals surface area contributed by atoms with E-state index in [-0.39, 0.29) is 0 Å². The predicted molar refractivity (Wildman–Crippen MR) is 71.6 cm³/mol. The fourth-order valence-corrected chi connectivity index (χ4v) is 2.76. The number of rotatable bonds is 7. The highest BCUT2D eigenvalue weighted by molar-refractivity contribution is 4.85. The average Bonchev–Trinajstić information content (AvgIpc) is 2.31. The van der Waals surface area contributed by atoms with Crippen LogP contribution in [0.4, 0.5) is 0 Å². The molecule has 2 atom stereocenters. The van der Waals surface area contributed by atoms with E-state index in [1.165, 1.54) is 64.5 Å². The molecule has 96 valence electrons. The maximum atomic E-state index is 6.28. The lowest BCUT2D eigenvalue weighted by Gasteiger charge is -2.38. The van der Waals surface area contributed by atoms with Crippen molar-refractivity contribution in [1.82, 2.24) is 4.90 Å². The highest BCUT2D eigenvalue weighted by atomic mass is 15.2. The zero-order valence-electron chi connectivity index (χ0n) is 11.3. The lowest BCUT2D eigenvalue weighted by atomic mass is 9.89. The Morgan fingerprint density at radius 1 is 1.00 bits per heavy atom. The van der Waals surface area contributed by atoms with Crippen molar-refractivity contribution in [3.05, 3.63) is 0 Å². The Bertz CT molecular complexity index is 162. The van der Waals surface area contributed by atoms with Gasteiger partial charge in [0.1, 0.15) is 0 Å². The standard InChI is InChI=1S/C14H30N2/c1-3-5-11-16(12-6-4-2)14-10-8-7-9-13(14)15/h13-14H,3-12,15H2,1-2H3/t13-,14-/m1/s1. The molecule has 0 radical (unpaired) electrons. The van der Waals surface area contributed by atoms with Gasteiger partial charge in [-0.1, -0.05) is 39.5 Å². The minimum absolute atomic E-state index is 0.433. The first-order valence-corrected chi connectivity index (χ1v) is 7.29. The van der Waals surface area contributed by atoms with Crippen molar-refractivity contribution in [2.24, 2.45) is 5.73 Å². The lowest BCUT2D eigenvalue weighted by molar-refractivity contribution is 0.133. The first kappa shape index (κ1) is 14.0. The van der Waals surface area contributed by atoms with Crippen molar-refractivity contribution < 1.29 is 0 Å². The summed E-state index contributed by atoms with van der Waals surface area (Å²) < 4.78 is 0. The number of hydrogen-bond acceptors (Lipinski definition) is 2. The molecule has 2 N–H and O–H groups in total. The van der Waals surface area contributed by atoms with Crippen LogP contribution in [0.5, 0.6) is 0 Å². The quantitative estimate of drug-likeness (QED) is 0.722. The van der Waals surface area contributed by atoms with Crippen LogP contribution < -0.4 is 5.73 Å². The van der Waals surface area contributed by atoms with Crippen molar-refractivity contribution in [2.75, 3.05) is 13.1 Å². The summed E-state index contributed by atoms with van der Waals surface area (Å²) in [6.45, 7) is 7.07. The molecule has 0 aliphatic heterocycles. The maximum Gasteiger partial charge on any atom is 0.0247 e. The maximum absolute atomic E-state index is 6.28. The Kier molecular flexibility index (Phi) is 7.06. The summed E-state index contributed by atoms with van der Waals surface area (Å²) in [6, 6.07) is 1.11. The Morgan fingerprint density at radius 2 is 1.56 bits per heavy atom. The first-order valence-electron chi connectivity index (χ1n) is 7.29. The molecule has 1 saturated carbocycles. The van der Waals surface area contributed by atoms with Crippen LogP contribution in [0.1, 0.15) is 65.2 Å². The van der Waals surface area contributed by atoms with Crippen molar-refractivity contribution in [3.63, 3.8) is 0 Å². The molecular formula is C14H30N2. The second-order valence-corrected chi connectivity index (χ2v) is 5.26. The zero-order valence-corrected chi connectivity index (χ0v) is 11.3. The number of nitrogens with zero attached hydrogens (tertiary/aromatic N) is 1. The van der Waals surface area contributed by atoms with Crippen molar-refractivity contribution in [3.8, 4) is 0 Å². The highest BCUT2D eigenvalue weighted by Crippen LogP contribution is 2.22. The van der Waals surface area contributed by atoms with Gasteiger partial charge >= 0.3 is 0 Å². The van der Waals surface area contributed by atoms with Crippen LogP contribution >= 0.6 is 0 Å². The van der Waals surface area contributed by atoms with E-state index in [9.17, 15) is 0 Å². The van der Waals surface area contributed by atoms with Gasteiger partial charge < -0.3 is 5.73 Å². The summed E-state index contributed by atoms with van der Waals surface area (Å²) in [5.41, 5.74) is 6.28. The summed E-state index contributed by atoms with van der Waals surface area (Å²) in [4.78, 5) is 2.68. The molecule has 0 heterocycles. The summed E-state index contributed by atoms with van der Waals surface area (Å²) in [5.74, 6) is 0. The van der Waals surface area contributed by atoms with E-state index in [2.05, 4.69) is 18.7 Å². The van der Waals surface area contributed by atoms with Crippen LogP contribution in [0.3, 0.4) is 0 Å². The van der Waals surface area contributed by atoms with Crippen LogP contribution in [-0.4, -0.2) is 30.1 Å². The van der Waals surface area contributed by atoms with Crippen LogP contribution in [-0.2, 0) is 0 Å². The van der Waals surface area contributed by atoms with Gasteiger partial charge in [-0.05, 0) is 38.8 Å². The molecule has 0 aromatic heterocycles. The van der Waals surface area contributed by atoms with E-state index in [0.717, 1.165) is 0 Å². The molecule has 0 aromatic carbocycles. The first-order chi connectivity index (χ1) is 7.79. The summed E-state index contributed by atoms with van der Waals surface area (Å²) in [7, 11) is 0. The van der Waals surface area contributed by atoms with Gasteiger partial charge in [0.15, 0.2) is 0 Å². The van der Waals surface area contributed by atoms with E-state index < -0.39 is 0 Å². The van der Waals surface area contributed by atoms with Gasteiger partial charge in [-0.15, -0.1) is 0 Å². The monoisotopic (exact) mass is 226 g/mol. The Hall–Kier alpha value is -0.0800. The number of hydrogen-bond donors (Lipinski definition) is 1. The second kappa shape index (κ2) is 8.08. The molecule has 0 spiro atoms. The number of nitrogens with two attached hydrogens (primary N) is 1. The highest BCUT2D eigenvalue weighted by Gasteiger charge is 2.26. The van der Waals surface area contributed by atoms with Crippen LogP contribution in [0, 0.1) is 0 Å². The molecule has 16 heavy (non-hydrogen) atoms.